The molecule has 122 valence electrons. The zero-order valence-electron chi connectivity index (χ0n) is 13.0. The Balaban J connectivity index is 0.00000192. The van der Waals surface area contributed by atoms with E-state index in [0.717, 1.165) is 24.3 Å². The summed E-state index contributed by atoms with van der Waals surface area (Å²) in [5, 5.41) is 2.96. The predicted octanol–water partition coefficient (Wildman–Crippen LogP) is 3.42. The van der Waals surface area contributed by atoms with E-state index >= 15 is 0 Å². The Morgan fingerprint density at radius 1 is 1.09 bits per heavy atom. The molecule has 1 heterocycles. The van der Waals surface area contributed by atoms with Gasteiger partial charge in [0.05, 0.1) is 0 Å². The van der Waals surface area contributed by atoms with Crippen molar-refractivity contribution in [1.29, 1.82) is 0 Å². The quantitative estimate of drug-likeness (QED) is 0.902. The molecule has 1 fully saturated rings. The second-order valence-electron chi connectivity index (χ2n) is 5.60. The number of benzene rings is 2. The zero-order valence-corrected chi connectivity index (χ0v) is 13.8. The van der Waals surface area contributed by atoms with Crippen LogP contribution < -0.4 is 16.0 Å². The van der Waals surface area contributed by atoms with Crippen LogP contribution in [0.15, 0.2) is 48.5 Å². The van der Waals surface area contributed by atoms with Crippen molar-refractivity contribution in [3.8, 4) is 0 Å². The number of carbonyl (C=O) groups excluding carboxylic acids is 1. The average molecular weight is 332 g/mol. The standard InChI is InChI=1S/C18H21N3O.ClH/c19-13-14-6-8-15(9-7-14)18(22)20-16-4-3-5-17(12-16)21-10-1-2-11-21;/h3-9,12H,1-2,10-11,13,19H2,(H,20,22);1H. The van der Waals surface area contributed by atoms with Gasteiger partial charge in [0.2, 0.25) is 0 Å². The van der Waals surface area contributed by atoms with E-state index in [1.807, 2.05) is 42.5 Å². The van der Waals surface area contributed by atoms with Gasteiger partial charge < -0.3 is 16.0 Å². The lowest BCUT2D eigenvalue weighted by Gasteiger charge is -2.18. The van der Waals surface area contributed by atoms with Crippen molar-refractivity contribution in [2.45, 2.75) is 19.4 Å². The molecule has 0 saturated carbocycles. The van der Waals surface area contributed by atoms with Crippen molar-refractivity contribution in [2.24, 2.45) is 5.73 Å². The minimum atomic E-state index is -0.0952. The van der Waals surface area contributed by atoms with Crippen molar-refractivity contribution in [3.05, 3.63) is 59.7 Å². The Morgan fingerprint density at radius 2 is 1.78 bits per heavy atom. The van der Waals surface area contributed by atoms with Crippen LogP contribution in [-0.2, 0) is 6.54 Å². The van der Waals surface area contributed by atoms with Gasteiger partial charge in [-0.1, -0.05) is 18.2 Å². The maximum Gasteiger partial charge on any atom is 0.255 e. The first-order valence-electron chi connectivity index (χ1n) is 7.71. The van der Waals surface area contributed by atoms with Gasteiger partial charge in [-0.15, -0.1) is 12.4 Å². The maximum absolute atomic E-state index is 12.3. The zero-order chi connectivity index (χ0) is 15.4. The lowest BCUT2D eigenvalue weighted by atomic mass is 10.1. The fourth-order valence-electron chi connectivity index (χ4n) is 2.75. The van der Waals surface area contributed by atoms with Gasteiger partial charge in [0.15, 0.2) is 0 Å². The van der Waals surface area contributed by atoms with Crippen molar-refractivity contribution in [1.82, 2.24) is 0 Å². The van der Waals surface area contributed by atoms with E-state index in [4.69, 9.17) is 5.73 Å². The van der Waals surface area contributed by atoms with E-state index in [-0.39, 0.29) is 18.3 Å². The molecule has 0 spiro atoms. The maximum atomic E-state index is 12.3. The molecule has 23 heavy (non-hydrogen) atoms. The number of carbonyl (C=O) groups is 1. The third kappa shape index (κ3) is 4.24. The second-order valence-corrected chi connectivity index (χ2v) is 5.60. The highest BCUT2D eigenvalue weighted by molar-refractivity contribution is 6.04. The minimum Gasteiger partial charge on any atom is -0.371 e. The third-order valence-corrected chi connectivity index (χ3v) is 4.03. The van der Waals surface area contributed by atoms with E-state index < -0.39 is 0 Å². The normalized spacial score (nSPS) is 13.5. The van der Waals surface area contributed by atoms with Crippen molar-refractivity contribution in [2.75, 3.05) is 23.3 Å². The average Bonchev–Trinajstić information content (AvgIpc) is 3.10. The Bertz CT molecular complexity index is 652. The number of anilines is 2. The van der Waals surface area contributed by atoms with E-state index in [1.54, 1.807) is 0 Å². The molecule has 0 aromatic heterocycles. The number of hydrogen-bond acceptors (Lipinski definition) is 3. The number of nitrogens with one attached hydrogen (secondary N) is 1. The molecule has 0 bridgehead atoms. The second kappa shape index (κ2) is 7.99. The summed E-state index contributed by atoms with van der Waals surface area (Å²) in [6.07, 6.45) is 2.48. The Hall–Kier alpha value is -2.04. The van der Waals surface area contributed by atoms with Crippen LogP contribution in [0.3, 0.4) is 0 Å². The monoisotopic (exact) mass is 331 g/mol. The van der Waals surface area contributed by atoms with Crippen molar-refractivity contribution in [3.63, 3.8) is 0 Å². The molecule has 0 unspecified atom stereocenters. The molecule has 3 N–H and O–H groups in total. The molecule has 3 rings (SSSR count). The molecule has 1 aliphatic heterocycles. The van der Waals surface area contributed by atoms with Crippen LogP contribution in [0.2, 0.25) is 0 Å². The molecule has 0 aliphatic carbocycles. The number of nitrogens with zero attached hydrogens (tertiary/aromatic N) is 1. The summed E-state index contributed by atoms with van der Waals surface area (Å²) < 4.78 is 0. The van der Waals surface area contributed by atoms with Crippen LogP contribution in [-0.4, -0.2) is 19.0 Å². The van der Waals surface area contributed by atoms with Gasteiger partial charge in [-0.3, -0.25) is 4.79 Å². The van der Waals surface area contributed by atoms with E-state index in [9.17, 15) is 4.79 Å². The van der Waals surface area contributed by atoms with E-state index in [0.29, 0.717) is 12.1 Å². The first kappa shape index (κ1) is 17.3. The van der Waals surface area contributed by atoms with E-state index in [2.05, 4.69) is 16.3 Å². The molecule has 0 atom stereocenters. The Kier molecular flexibility index (Phi) is 6.02. The number of nitrogens with two attached hydrogens (primary N) is 1. The highest BCUT2D eigenvalue weighted by Gasteiger charge is 2.13. The lowest BCUT2D eigenvalue weighted by Crippen LogP contribution is -2.18. The number of halogens is 1. The number of rotatable bonds is 4. The molecule has 1 saturated heterocycles. The first-order valence-corrected chi connectivity index (χ1v) is 7.71. The molecular weight excluding hydrogens is 310 g/mol. The van der Waals surface area contributed by atoms with Crippen LogP contribution >= 0.6 is 12.4 Å². The third-order valence-electron chi connectivity index (χ3n) is 4.03. The van der Waals surface area contributed by atoms with Gasteiger partial charge in [-0.05, 0) is 48.7 Å². The Morgan fingerprint density at radius 3 is 2.43 bits per heavy atom. The van der Waals surface area contributed by atoms with Crippen LogP contribution in [0.25, 0.3) is 0 Å². The summed E-state index contributed by atoms with van der Waals surface area (Å²) >= 11 is 0. The fourth-order valence-corrected chi connectivity index (χ4v) is 2.75. The van der Waals surface area contributed by atoms with Gasteiger partial charge in [0.1, 0.15) is 0 Å². The number of hydrogen-bond donors (Lipinski definition) is 2. The van der Waals surface area contributed by atoms with Crippen LogP contribution in [0.1, 0.15) is 28.8 Å². The largest absolute Gasteiger partial charge is 0.371 e. The number of amides is 1. The molecule has 1 aliphatic rings. The highest BCUT2D eigenvalue weighted by atomic mass is 35.5. The van der Waals surface area contributed by atoms with Crippen LogP contribution in [0.5, 0.6) is 0 Å². The van der Waals surface area contributed by atoms with Gasteiger partial charge in [0.25, 0.3) is 5.91 Å². The summed E-state index contributed by atoms with van der Waals surface area (Å²) in [4.78, 5) is 14.6. The molecule has 2 aromatic carbocycles. The summed E-state index contributed by atoms with van der Waals surface area (Å²) in [6.45, 7) is 2.68. The SMILES string of the molecule is Cl.NCc1ccc(C(=O)Nc2cccc(N3CCCC3)c2)cc1. The molecule has 2 aromatic rings. The van der Waals surface area contributed by atoms with Crippen LogP contribution in [0, 0.1) is 0 Å². The Labute approximate surface area is 143 Å². The first-order chi connectivity index (χ1) is 10.8. The highest BCUT2D eigenvalue weighted by Crippen LogP contribution is 2.23. The summed E-state index contributed by atoms with van der Waals surface area (Å²) in [5.74, 6) is -0.0952. The predicted molar refractivity (Wildman–Crippen MR) is 97.4 cm³/mol. The summed E-state index contributed by atoms with van der Waals surface area (Å²) in [7, 11) is 0. The van der Waals surface area contributed by atoms with Crippen molar-refractivity contribution >= 4 is 29.7 Å². The topological polar surface area (TPSA) is 58.4 Å². The van der Waals surface area contributed by atoms with Crippen LogP contribution in [0.4, 0.5) is 11.4 Å². The molecule has 4 nitrogen and oxygen atoms in total. The van der Waals surface area contributed by atoms with Gasteiger partial charge in [-0.25, -0.2) is 0 Å². The van der Waals surface area contributed by atoms with Gasteiger partial charge in [0, 0.05) is 36.6 Å². The summed E-state index contributed by atoms with van der Waals surface area (Å²) in [5.41, 5.74) is 9.24. The molecule has 1 amide bonds. The molecular formula is C18H22ClN3O. The molecule has 0 radical (unpaired) electrons. The minimum absolute atomic E-state index is 0. The van der Waals surface area contributed by atoms with Gasteiger partial charge in [-0.2, -0.15) is 0 Å². The lowest BCUT2D eigenvalue weighted by molar-refractivity contribution is 0.102. The summed E-state index contributed by atoms with van der Waals surface area (Å²) in [6, 6.07) is 15.4. The fraction of sp³-hybridized carbons (Fsp3) is 0.278. The van der Waals surface area contributed by atoms with E-state index in [1.165, 1.54) is 18.5 Å². The van der Waals surface area contributed by atoms with Gasteiger partial charge >= 0.3 is 0 Å². The molecule has 5 heteroatoms. The van der Waals surface area contributed by atoms with Crippen molar-refractivity contribution < 1.29 is 4.79 Å². The smallest absolute Gasteiger partial charge is 0.255 e.